The number of ether oxygens (including phenoxy) is 1. The molecule has 0 bridgehead atoms. The highest BCUT2D eigenvalue weighted by atomic mass is 35.5. The molecular formula is C23H20ClNO3S. The normalized spacial score (nSPS) is 12.7. The van der Waals surface area contributed by atoms with E-state index in [1.54, 1.807) is 17.4 Å². The zero-order valence-electron chi connectivity index (χ0n) is 16.3. The molecule has 0 saturated carbocycles. The minimum atomic E-state index is -1.12. The Kier molecular flexibility index (Phi) is 5.30. The third kappa shape index (κ3) is 3.73. The summed E-state index contributed by atoms with van der Waals surface area (Å²) in [4.78, 5) is 17.8. The number of rotatable bonds is 5. The number of carboxylic acid groups (broad SMARTS) is 1. The smallest absolute Gasteiger partial charge is 0.337 e. The van der Waals surface area contributed by atoms with E-state index in [4.69, 9.17) is 16.3 Å². The standard InChI is InChI=1S/C23H20ClNO3S/c1-12(2)28-22(23(26)27)20-13(3)25-17-9-8-15(24)11-16(17)21(20)19-10-14-6-4-5-7-18(14)29-19/h4-12,22H,1-3H3,(H,26,27). The summed E-state index contributed by atoms with van der Waals surface area (Å²) in [7, 11) is 0. The van der Waals surface area contributed by atoms with Crippen LogP contribution >= 0.6 is 22.9 Å². The van der Waals surface area contributed by atoms with Crippen molar-refractivity contribution in [2.24, 2.45) is 0 Å². The second-order valence-electron chi connectivity index (χ2n) is 7.20. The van der Waals surface area contributed by atoms with E-state index in [1.807, 2.05) is 45.0 Å². The predicted molar refractivity (Wildman–Crippen MR) is 119 cm³/mol. The van der Waals surface area contributed by atoms with Gasteiger partial charge in [0.05, 0.1) is 11.6 Å². The molecule has 4 nitrogen and oxygen atoms in total. The van der Waals surface area contributed by atoms with Crippen LogP contribution in [0.4, 0.5) is 0 Å². The Bertz CT molecular complexity index is 1200. The molecule has 1 N–H and O–H groups in total. The van der Waals surface area contributed by atoms with Gasteiger partial charge in [0.1, 0.15) is 0 Å². The quantitative estimate of drug-likeness (QED) is 0.390. The average molecular weight is 426 g/mol. The fraction of sp³-hybridized carbons (Fsp3) is 0.217. The number of nitrogens with zero attached hydrogens (tertiary/aromatic N) is 1. The highest BCUT2D eigenvalue weighted by molar-refractivity contribution is 7.22. The molecule has 4 aromatic rings. The molecule has 0 saturated heterocycles. The van der Waals surface area contributed by atoms with Gasteiger partial charge in [0.2, 0.25) is 0 Å². The lowest BCUT2D eigenvalue weighted by atomic mass is 9.95. The molecule has 1 unspecified atom stereocenters. The van der Waals surface area contributed by atoms with E-state index in [0.717, 1.165) is 31.4 Å². The molecule has 2 heterocycles. The van der Waals surface area contributed by atoms with Gasteiger partial charge in [-0.05, 0) is 56.5 Å². The first-order valence-electron chi connectivity index (χ1n) is 9.32. The number of fused-ring (bicyclic) bond motifs is 2. The van der Waals surface area contributed by atoms with E-state index < -0.39 is 12.1 Å². The molecule has 29 heavy (non-hydrogen) atoms. The van der Waals surface area contributed by atoms with Gasteiger partial charge in [0.15, 0.2) is 6.10 Å². The van der Waals surface area contributed by atoms with Crippen molar-refractivity contribution in [3.05, 3.63) is 64.8 Å². The van der Waals surface area contributed by atoms with Gasteiger partial charge in [0, 0.05) is 36.8 Å². The average Bonchev–Trinajstić information content (AvgIpc) is 3.09. The summed E-state index contributed by atoms with van der Waals surface area (Å²) in [5, 5.41) is 12.5. The largest absolute Gasteiger partial charge is 0.479 e. The highest BCUT2D eigenvalue weighted by Gasteiger charge is 2.30. The van der Waals surface area contributed by atoms with Gasteiger partial charge < -0.3 is 9.84 Å². The number of thiophene rings is 1. The lowest BCUT2D eigenvalue weighted by molar-refractivity contribution is -0.153. The Morgan fingerprint density at radius 1 is 1.17 bits per heavy atom. The van der Waals surface area contributed by atoms with Gasteiger partial charge in [-0.15, -0.1) is 11.3 Å². The van der Waals surface area contributed by atoms with E-state index >= 15 is 0 Å². The maximum atomic E-state index is 12.2. The Balaban J connectivity index is 2.10. The number of aromatic nitrogens is 1. The first-order valence-corrected chi connectivity index (χ1v) is 10.5. The number of hydrogen-bond donors (Lipinski definition) is 1. The molecule has 2 aromatic carbocycles. The molecule has 1 atom stereocenters. The number of pyridine rings is 1. The Hall–Kier alpha value is -2.47. The van der Waals surface area contributed by atoms with Crippen LogP contribution in [-0.4, -0.2) is 22.2 Å². The van der Waals surface area contributed by atoms with Crippen LogP contribution in [0.15, 0.2) is 48.5 Å². The van der Waals surface area contributed by atoms with Crippen molar-refractivity contribution in [3.63, 3.8) is 0 Å². The van der Waals surface area contributed by atoms with Crippen LogP contribution in [0.25, 0.3) is 31.4 Å². The van der Waals surface area contributed by atoms with Gasteiger partial charge >= 0.3 is 5.97 Å². The first kappa shape index (κ1) is 19.8. The van der Waals surface area contributed by atoms with Crippen molar-refractivity contribution in [1.29, 1.82) is 0 Å². The summed E-state index contributed by atoms with van der Waals surface area (Å²) in [6.07, 6.45) is -1.37. The molecule has 0 fully saturated rings. The van der Waals surface area contributed by atoms with E-state index in [-0.39, 0.29) is 6.10 Å². The van der Waals surface area contributed by atoms with Gasteiger partial charge in [0.25, 0.3) is 0 Å². The van der Waals surface area contributed by atoms with Crippen LogP contribution in [0, 0.1) is 6.92 Å². The number of carboxylic acids is 1. The summed E-state index contributed by atoms with van der Waals surface area (Å²) in [6.45, 7) is 5.49. The molecule has 148 valence electrons. The maximum Gasteiger partial charge on any atom is 0.337 e. The maximum absolute atomic E-state index is 12.2. The number of halogens is 1. The zero-order chi connectivity index (χ0) is 20.7. The number of benzene rings is 2. The first-order chi connectivity index (χ1) is 13.8. The van der Waals surface area contributed by atoms with E-state index in [9.17, 15) is 9.90 Å². The van der Waals surface area contributed by atoms with E-state index in [2.05, 4.69) is 23.2 Å². The molecule has 0 aliphatic rings. The molecule has 0 aliphatic carbocycles. The van der Waals surface area contributed by atoms with Crippen LogP contribution in [0.2, 0.25) is 5.02 Å². The van der Waals surface area contributed by atoms with Crippen LogP contribution in [0.5, 0.6) is 0 Å². The summed E-state index contributed by atoms with van der Waals surface area (Å²) >= 11 is 7.93. The topological polar surface area (TPSA) is 59.4 Å². The second kappa shape index (κ2) is 7.75. The Labute approximate surface area is 177 Å². The lowest BCUT2D eigenvalue weighted by Gasteiger charge is -2.22. The molecule has 0 spiro atoms. The fourth-order valence-corrected chi connectivity index (χ4v) is 4.89. The summed E-state index contributed by atoms with van der Waals surface area (Å²) in [6, 6.07) is 15.7. The van der Waals surface area contributed by atoms with Crippen molar-refractivity contribution < 1.29 is 14.6 Å². The number of hydrogen-bond acceptors (Lipinski definition) is 4. The third-order valence-corrected chi connectivity index (χ3v) is 6.11. The van der Waals surface area contributed by atoms with Crippen LogP contribution in [0.3, 0.4) is 0 Å². The number of carbonyl (C=O) groups is 1. The molecule has 4 rings (SSSR count). The predicted octanol–water partition coefficient (Wildman–Crippen LogP) is 6.63. The number of aliphatic carboxylic acids is 1. The highest BCUT2D eigenvalue weighted by Crippen LogP contribution is 2.43. The summed E-state index contributed by atoms with van der Waals surface area (Å²) in [5.41, 5.74) is 2.81. The van der Waals surface area contributed by atoms with Crippen molar-refractivity contribution >= 4 is 49.9 Å². The van der Waals surface area contributed by atoms with Gasteiger partial charge in [-0.1, -0.05) is 29.8 Å². The summed E-state index contributed by atoms with van der Waals surface area (Å²) < 4.78 is 6.96. The van der Waals surface area contributed by atoms with Crippen molar-refractivity contribution in [2.75, 3.05) is 0 Å². The molecule has 0 aliphatic heterocycles. The second-order valence-corrected chi connectivity index (χ2v) is 8.72. The lowest BCUT2D eigenvalue weighted by Crippen LogP contribution is -2.21. The number of aryl methyl sites for hydroxylation is 1. The minimum Gasteiger partial charge on any atom is -0.479 e. The SMILES string of the molecule is Cc1nc2ccc(Cl)cc2c(-c2cc3ccccc3s2)c1C(OC(C)C)C(=O)O. The van der Waals surface area contributed by atoms with Crippen molar-refractivity contribution in [1.82, 2.24) is 4.98 Å². The van der Waals surface area contributed by atoms with Crippen molar-refractivity contribution in [2.45, 2.75) is 33.0 Å². The van der Waals surface area contributed by atoms with E-state index in [0.29, 0.717) is 16.3 Å². The van der Waals surface area contributed by atoms with Gasteiger partial charge in [-0.3, -0.25) is 4.98 Å². The van der Waals surface area contributed by atoms with Crippen LogP contribution in [-0.2, 0) is 9.53 Å². The van der Waals surface area contributed by atoms with Crippen molar-refractivity contribution in [3.8, 4) is 10.4 Å². The zero-order valence-corrected chi connectivity index (χ0v) is 17.8. The van der Waals surface area contributed by atoms with Gasteiger partial charge in [-0.2, -0.15) is 0 Å². The third-order valence-electron chi connectivity index (χ3n) is 4.74. The Morgan fingerprint density at radius 2 is 1.93 bits per heavy atom. The fourth-order valence-electron chi connectivity index (χ4n) is 3.59. The monoisotopic (exact) mass is 425 g/mol. The van der Waals surface area contributed by atoms with E-state index in [1.165, 1.54) is 0 Å². The molecule has 2 aromatic heterocycles. The minimum absolute atomic E-state index is 0.249. The molecule has 0 amide bonds. The molecular weight excluding hydrogens is 406 g/mol. The Morgan fingerprint density at radius 3 is 2.62 bits per heavy atom. The summed E-state index contributed by atoms with van der Waals surface area (Å²) in [5.74, 6) is -1.03. The molecule has 0 radical (unpaired) electrons. The molecule has 6 heteroatoms. The van der Waals surface area contributed by atoms with Crippen LogP contribution < -0.4 is 0 Å². The van der Waals surface area contributed by atoms with Gasteiger partial charge in [-0.25, -0.2) is 4.79 Å². The van der Waals surface area contributed by atoms with Crippen LogP contribution in [0.1, 0.15) is 31.2 Å².